The molecule has 1 amide bonds. The fraction of sp³-hybridized carbons (Fsp3) is 0.857. The molecule has 1 aliphatic heterocycles. The Morgan fingerprint density at radius 1 is 1.35 bits per heavy atom. The van der Waals surface area contributed by atoms with Gasteiger partial charge in [0, 0.05) is 11.8 Å². The van der Waals surface area contributed by atoms with Crippen molar-refractivity contribution in [2.24, 2.45) is 11.7 Å². The molecule has 0 radical (unpaired) electrons. The average Bonchev–Trinajstić information content (AvgIpc) is 2.83. The molecule has 114 valence electrons. The van der Waals surface area contributed by atoms with Crippen LogP contribution in [0.5, 0.6) is 0 Å². The van der Waals surface area contributed by atoms with Crippen molar-refractivity contribution < 1.29 is 14.7 Å². The molecule has 1 saturated carbocycles. The highest BCUT2D eigenvalue weighted by molar-refractivity contribution is 8.00. The first-order valence-electron chi connectivity index (χ1n) is 7.48. The van der Waals surface area contributed by atoms with Gasteiger partial charge >= 0.3 is 5.97 Å². The summed E-state index contributed by atoms with van der Waals surface area (Å²) in [4.78, 5) is 25.8. The molecule has 4 unspecified atom stereocenters. The van der Waals surface area contributed by atoms with E-state index in [1.807, 2.05) is 0 Å². The Balaban J connectivity index is 2.15. The Morgan fingerprint density at radius 2 is 2.05 bits per heavy atom. The molecule has 2 fully saturated rings. The number of rotatable bonds is 4. The van der Waals surface area contributed by atoms with E-state index in [0.717, 1.165) is 38.5 Å². The molecule has 0 bridgehead atoms. The number of nitrogens with zero attached hydrogens (tertiary/aromatic N) is 1. The first-order chi connectivity index (χ1) is 9.56. The highest BCUT2D eigenvalue weighted by Gasteiger charge is 2.44. The van der Waals surface area contributed by atoms with E-state index in [4.69, 9.17) is 5.73 Å². The van der Waals surface area contributed by atoms with Crippen molar-refractivity contribution in [2.75, 3.05) is 5.75 Å². The van der Waals surface area contributed by atoms with Crippen LogP contribution in [0.15, 0.2) is 0 Å². The summed E-state index contributed by atoms with van der Waals surface area (Å²) in [5.74, 6) is -0.626. The maximum absolute atomic E-state index is 12.8. The van der Waals surface area contributed by atoms with Gasteiger partial charge in [-0.1, -0.05) is 26.2 Å². The number of thioether (sulfide) groups is 1. The van der Waals surface area contributed by atoms with E-state index in [2.05, 4.69) is 6.92 Å². The van der Waals surface area contributed by atoms with Crippen molar-refractivity contribution in [2.45, 2.75) is 62.9 Å². The third-order valence-corrected chi connectivity index (χ3v) is 5.66. The second kappa shape index (κ2) is 6.80. The summed E-state index contributed by atoms with van der Waals surface area (Å²) in [6.45, 7) is 2.06. The highest BCUT2D eigenvalue weighted by atomic mass is 32.2. The second-order valence-corrected chi connectivity index (χ2v) is 6.94. The summed E-state index contributed by atoms with van der Waals surface area (Å²) in [6.07, 6.45) is 5.55. The molecule has 1 heterocycles. The fourth-order valence-electron chi connectivity index (χ4n) is 3.18. The van der Waals surface area contributed by atoms with E-state index in [9.17, 15) is 14.7 Å². The quantitative estimate of drug-likeness (QED) is 0.825. The maximum Gasteiger partial charge on any atom is 0.327 e. The summed E-state index contributed by atoms with van der Waals surface area (Å²) < 4.78 is 0. The van der Waals surface area contributed by atoms with Crippen molar-refractivity contribution in [3.63, 3.8) is 0 Å². The molecule has 6 heteroatoms. The molecular weight excluding hydrogens is 276 g/mol. The van der Waals surface area contributed by atoms with E-state index < -0.39 is 12.0 Å². The summed E-state index contributed by atoms with van der Waals surface area (Å²) in [5.41, 5.74) is 6.09. The first kappa shape index (κ1) is 15.6. The smallest absolute Gasteiger partial charge is 0.327 e. The molecule has 1 saturated heterocycles. The highest BCUT2D eigenvalue weighted by Crippen LogP contribution is 2.35. The van der Waals surface area contributed by atoms with Gasteiger partial charge in [0.05, 0.1) is 11.3 Å². The minimum absolute atomic E-state index is 0.00252. The lowest BCUT2D eigenvalue weighted by Crippen LogP contribution is -2.52. The molecule has 3 N–H and O–H groups in total. The number of hydrogen-bond donors (Lipinski definition) is 2. The van der Waals surface area contributed by atoms with E-state index in [-0.39, 0.29) is 23.2 Å². The van der Waals surface area contributed by atoms with Gasteiger partial charge in [0.2, 0.25) is 5.91 Å². The number of carboxylic acid groups (broad SMARTS) is 1. The molecule has 4 atom stereocenters. The molecular formula is C14H24N2O3S. The third kappa shape index (κ3) is 3.11. The van der Waals surface area contributed by atoms with Crippen LogP contribution >= 0.6 is 11.8 Å². The van der Waals surface area contributed by atoms with Crippen LogP contribution in [0.3, 0.4) is 0 Å². The van der Waals surface area contributed by atoms with Crippen LogP contribution in [0.25, 0.3) is 0 Å². The van der Waals surface area contributed by atoms with E-state index in [1.54, 1.807) is 16.7 Å². The van der Waals surface area contributed by atoms with Crippen LogP contribution in [0.1, 0.15) is 45.4 Å². The summed E-state index contributed by atoms with van der Waals surface area (Å²) in [7, 11) is 0. The summed E-state index contributed by atoms with van der Waals surface area (Å²) in [6, 6.07) is -0.795. The molecule has 0 aromatic heterocycles. The molecule has 0 aromatic carbocycles. The first-order valence-corrected chi connectivity index (χ1v) is 8.53. The molecule has 2 rings (SSSR count). The Kier molecular flexibility index (Phi) is 5.32. The van der Waals surface area contributed by atoms with Crippen molar-refractivity contribution in [3.8, 4) is 0 Å². The SMILES string of the molecule is CCCC1SCC(C(=O)O)N1C(=O)C1CCCCC1N. The Hall–Kier alpha value is -0.750. The van der Waals surface area contributed by atoms with Crippen LogP contribution in [0.2, 0.25) is 0 Å². The lowest BCUT2D eigenvalue weighted by molar-refractivity contribution is -0.151. The van der Waals surface area contributed by atoms with Crippen molar-refractivity contribution in [1.82, 2.24) is 4.90 Å². The van der Waals surface area contributed by atoms with Gasteiger partial charge in [0.25, 0.3) is 0 Å². The molecule has 0 spiro atoms. The van der Waals surface area contributed by atoms with Crippen molar-refractivity contribution >= 4 is 23.6 Å². The number of nitrogens with two attached hydrogens (primary N) is 1. The van der Waals surface area contributed by atoms with Crippen molar-refractivity contribution in [1.29, 1.82) is 0 Å². The van der Waals surface area contributed by atoms with Gasteiger partial charge in [0.15, 0.2) is 0 Å². The van der Waals surface area contributed by atoms with Crippen LogP contribution < -0.4 is 5.73 Å². The normalized spacial score (nSPS) is 34.2. The van der Waals surface area contributed by atoms with Gasteiger partial charge in [-0.2, -0.15) is 0 Å². The number of carbonyl (C=O) groups is 2. The van der Waals surface area contributed by atoms with Crippen LogP contribution in [-0.4, -0.2) is 45.1 Å². The second-order valence-electron chi connectivity index (χ2n) is 5.73. The lowest BCUT2D eigenvalue weighted by Gasteiger charge is -2.35. The molecule has 20 heavy (non-hydrogen) atoms. The van der Waals surface area contributed by atoms with E-state index >= 15 is 0 Å². The summed E-state index contributed by atoms with van der Waals surface area (Å²) >= 11 is 1.59. The maximum atomic E-state index is 12.8. The topological polar surface area (TPSA) is 83.6 Å². The predicted octanol–water partition coefficient (Wildman–Crippen LogP) is 1.66. The fourth-order valence-corrected chi connectivity index (χ4v) is 4.70. The minimum Gasteiger partial charge on any atom is -0.480 e. The molecule has 5 nitrogen and oxygen atoms in total. The largest absolute Gasteiger partial charge is 0.480 e. The monoisotopic (exact) mass is 300 g/mol. The zero-order chi connectivity index (χ0) is 14.7. The average molecular weight is 300 g/mol. The van der Waals surface area contributed by atoms with Gasteiger partial charge < -0.3 is 15.7 Å². The summed E-state index contributed by atoms with van der Waals surface area (Å²) in [5, 5.41) is 9.35. The predicted molar refractivity (Wildman–Crippen MR) is 79.4 cm³/mol. The van der Waals surface area contributed by atoms with E-state index in [1.165, 1.54) is 0 Å². The molecule has 2 aliphatic rings. The Morgan fingerprint density at radius 3 is 2.65 bits per heavy atom. The zero-order valence-electron chi connectivity index (χ0n) is 12.0. The van der Waals surface area contributed by atoms with Gasteiger partial charge in [-0.15, -0.1) is 11.8 Å². The zero-order valence-corrected chi connectivity index (χ0v) is 12.8. The minimum atomic E-state index is -0.895. The van der Waals surface area contributed by atoms with Gasteiger partial charge in [0.1, 0.15) is 6.04 Å². The van der Waals surface area contributed by atoms with Crippen molar-refractivity contribution in [3.05, 3.63) is 0 Å². The van der Waals surface area contributed by atoms with Gasteiger partial charge in [-0.3, -0.25) is 4.79 Å². The standard InChI is InChI=1S/C14H24N2O3S/c1-2-5-12-16(11(8-20-12)14(18)19)13(17)9-6-3-4-7-10(9)15/h9-12H,2-8,15H2,1H3,(H,18,19). The third-order valence-electron chi connectivity index (χ3n) is 4.30. The number of carboxylic acids is 1. The van der Waals surface area contributed by atoms with Gasteiger partial charge in [-0.05, 0) is 19.3 Å². The Bertz CT molecular complexity index is 377. The number of aliphatic carboxylic acids is 1. The Labute approximate surface area is 124 Å². The number of carbonyl (C=O) groups excluding carboxylic acids is 1. The van der Waals surface area contributed by atoms with Crippen LogP contribution in [0, 0.1) is 5.92 Å². The number of hydrogen-bond acceptors (Lipinski definition) is 4. The molecule has 1 aliphatic carbocycles. The van der Waals surface area contributed by atoms with E-state index in [0.29, 0.717) is 5.75 Å². The van der Waals surface area contributed by atoms with Crippen LogP contribution in [0.4, 0.5) is 0 Å². The lowest BCUT2D eigenvalue weighted by atomic mass is 9.84. The number of amides is 1. The molecule has 0 aromatic rings. The van der Waals surface area contributed by atoms with Gasteiger partial charge in [-0.25, -0.2) is 4.79 Å². The van der Waals surface area contributed by atoms with Crippen LogP contribution in [-0.2, 0) is 9.59 Å².